The van der Waals surface area contributed by atoms with E-state index in [-0.39, 0.29) is 0 Å². The Balaban J connectivity index is 0.945. The van der Waals surface area contributed by atoms with E-state index in [1.165, 1.54) is 50.1 Å². The van der Waals surface area contributed by atoms with Crippen molar-refractivity contribution in [2.45, 2.75) is 26.2 Å². The summed E-state index contributed by atoms with van der Waals surface area (Å²) < 4.78 is 0. The molecule has 0 bridgehead atoms. The van der Waals surface area contributed by atoms with Gasteiger partial charge in [-0.25, -0.2) is 0 Å². The Hall–Kier alpha value is -6.90. The molecule has 0 atom stereocenters. The molecule has 0 N–H and O–H groups in total. The minimum Gasteiger partial charge on any atom is -0.345 e. The van der Waals surface area contributed by atoms with E-state index in [2.05, 4.69) is 242 Å². The standard InChI is InChI=1S/C55H48N2/c1-3-13-43(46-24-26-47(27-25-46)50-30-38-52(39-31-50)56(2)51-36-28-48(29-37-51)44-14-7-4-8-15-44)23-20-42-21-34-54(35-22-42)57(53-18-11-6-12-19-53)55-40-32-49(33-41-55)45-16-9-5-10-17-45/h3-4,6-9,11-19,21-41H,5,10,20H2,1-2H3/b13-3-,43-23+. The largest absolute Gasteiger partial charge is 0.345 e. The number of benzene rings is 7. The Labute approximate surface area is 338 Å². The fourth-order valence-corrected chi connectivity index (χ4v) is 7.52. The molecule has 0 amide bonds. The lowest BCUT2D eigenvalue weighted by atomic mass is 9.98. The minimum atomic E-state index is 0.842. The highest BCUT2D eigenvalue weighted by Crippen LogP contribution is 2.36. The van der Waals surface area contributed by atoms with Crippen molar-refractivity contribution < 1.29 is 0 Å². The average Bonchev–Trinajstić information content (AvgIpc) is 3.29. The van der Waals surface area contributed by atoms with Crippen LogP contribution in [0.4, 0.5) is 28.4 Å². The third-order valence-electron chi connectivity index (χ3n) is 10.7. The lowest BCUT2D eigenvalue weighted by Crippen LogP contribution is -2.09. The molecule has 278 valence electrons. The van der Waals surface area contributed by atoms with Gasteiger partial charge < -0.3 is 9.80 Å². The van der Waals surface area contributed by atoms with Gasteiger partial charge in [-0.1, -0.05) is 158 Å². The quantitative estimate of drug-likeness (QED) is 0.115. The van der Waals surface area contributed by atoms with Crippen molar-refractivity contribution >= 4 is 39.6 Å². The van der Waals surface area contributed by atoms with Crippen LogP contribution in [-0.2, 0) is 6.42 Å². The van der Waals surface area contributed by atoms with Crippen molar-refractivity contribution in [3.05, 3.63) is 235 Å². The van der Waals surface area contributed by atoms with E-state index in [4.69, 9.17) is 0 Å². The first-order chi connectivity index (χ1) is 28.1. The van der Waals surface area contributed by atoms with Gasteiger partial charge in [0, 0.05) is 35.5 Å². The summed E-state index contributed by atoms with van der Waals surface area (Å²) in [5, 5.41) is 0. The molecule has 0 heterocycles. The van der Waals surface area contributed by atoms with Crippen LogP contribution in [0.1, 0.15) is 36.5 Å². The molecule has 0 aromatic heterocycles. The molecule has 0 saturated carbocycles. The van der Waals surface area contributed by atoms with Crippen LogP contribution in [0, 0.1) is 0 Å². The highest BCUT2D eigenvalue weighted by molar-refractivity contribution is 5.81. The van der Waals surface area contributed by atoms with E-state index >= 15 is 0 Å². The molecular weight excluding hydrogens is 689 g/mol. The van der Waals surface area contributed by atoms with Crippen LogP contribution in [0.25, 0.3) is 33.4 Å². The smallest absolute Gasteiger partial charge is 0.0462 e. The molecule has 0 aliphatic heterocycles. The van der Waals surface area contributed by atoms with Crippen LogP contribution in [0.3, 0.4) is 0 Å². The third-order valence-corrected chi connectivity index (χ3v) is 10.7. The van der Waals surface area contributed by atoms with Crippen molar-refractivity contribution in [1.29, 1.82) is 0 Å². The Morgan fingerprint density at radius 2 is 0.965 bits per heavy atom. The number of anilines is 5. The summed E-state index contributed by atoms with van der Waals surface area (Å²) in [6.45, 7) is 2.08. The van der Waals surface area contributed by atoms with Crippen LogP contribution < -0.4 is 9.80 Å². The van der Waals surface area contributed by atoms with Crippen LogP contribution in [0.2, 0.25) is 0 Å². The topological polar surface area (TPSA) is 6.48 Å². The van der Waals surface area contributed by atoms with Gasteiger partial charge in [-0.3, -0.25) is 0 Å². The van der Waals surface area contributed by atoms with Gasteiger partial charge in [0.2, 0.25) is 0 Å². The number of hydrogen-bond donors (Lipinski definition) is 0. The van der Waals surface area contributed by atoms with Crippen molar-refractivity contribution in [3.8, 4) is 22.3 Å². The SMILES string of the molecule is C/C=C\C(=C/Cc1ccc(N(c2ccccc2)c2ccc(C3=CCCC=C3)cc2)cc1)c1ccc(-c2ccc(N(C)c3ccc(-c4ccccc4)cc3)cc2)cc1. The number of rotatable bonds is 12. The Morgan fingerprint density at radius 1 is 0.491 bits per heavy atom. The summed E-state index contributed by atoms with van der Waals surface area (Å²) in [4.78, 5) is 4.56. The summed E-state index contributed by atoms with van der Waals surface area (Å²) in [5.74, 6) is 0. The van der Waals surface area contributed by atoms with E-state index in [0.717, 1.165) is 47.7 Å². The van der Waals surface area contributed by atoms with Gasteiger partial charge in [-0.2, -0.15) is 0 Å². The fourth-order valence-electron chi connectivity index (χ4n) is 7.52. The highest BCUT2D eigenvalue weighted by atomic mass is 15.1. The van der Waals surface area contributed by atoms with E-state index in [9.17, 15) is 0 Å². The monoisotopic (exact) mass is 736 g/mol. The molecule has 1 aliphatic carbocycles. The van der Waals surface area contributed by atoms with E-state index in [1.807, 2.05) is 0 Å². The molecule has 0 fully saturated rings. The lowest BCUT2D eigenvalue weighted by Gasteiger charge is -2.26. The molecule has 1 aliphatic rings. The van der Waals surface area contributed by atoms with Crippen molar-refractivity contribution in [2.75, 3.05) is 16.8 Å². The second-order valence-corrected chi connectivity index (χ2v) is 14.5. The number of allylic oxidation sites excluding steroid dienone is 8. The summed E-state index contributed by atoms with van der Waals surface area (Å²) >= 11 is 0. The number of para-hydroxylation sites is 1. The number of nitrogens with zero attached hydrogens (tertiary/aromatic N) is 2. The Bertz CT molecular complexity index is 2490. The summed E-state index contributed by atoms with van der Waals surface area (Å²) in [6, 6.07) is 65.6. The van der Waals surface area contributed by atoms with Gasteiger partial charge in [-0.15, -0.1) is 0 Å². The highest BCUT2D eigenvalue weighted by Gasteiger charge is 2.13. The summed E-state index contributed by atoms with van der Waals surface area (Å²) in [7, 11) is 2.12. The van der Waals surface area contributed by atoms with Crippen molar-refractivity contribution in [3.63, 3.8) is 0 Å². The maximum absolute atomic E-state index is 2.34. The van der Waals surface area contributed by atoms with Gasteiger partial charge in [0.15, 0.2) is 0 Å². The van der Waals surface area contributed by atoms with Crippen LogP contribution >= 0.6 is 0 Å². The minimum absolute atomic E-state index is 0.842. The van der Waals surface area contributed by atoms with E-state index < -0.39 is 0 Å². The van der Waals surface area contributed by atoms with Gasteiger partial charge in [-0.05, 0) is 137 Å². The van der Waals surface area contributed by atoms with Crippen LogP contribution in [0.15, 0.2) is 218 Å². The predicted molar refractivity (Wildman–Crippen MR) is 246 cm³/mol. The zero-order chi connectivity index (χ0) is 38.8. The first-order valence-electron chi connectivity index (χ1n) is 20.0. The van der Waals surface area contributed by atoms with Crippen molar-refractivity contribution in [2.24, 2.45) is 0 Å². The molecule has 8 rings (SSSR count). The van der Waals surface area contributed by atoms with Gasteiger partial charge in [0.25, 0.3) is 0 Å². The van der Waals surface area contributed by atoms with Crippen LogP contribution in [-0.4, -0.2) is 7.05 Å². The van der Waals surface area contributed by atoms with E-state index in [1.54, 1.807) is 0 Å². The first kappa shape index (κ1) is 37.0. The first-order valence-corrected chi connectivity index (χ1v) is 20.0. The van der Waals surface area contributed by atoms with Gasteiger partial charge in [0.05, 0.1) is 0 Å². The molecule has 57 heavy (non-hydrogen) atoms. The molecular formula is C55H48N2. The molecule has 0 unspecified atom stereocenters. The molecule has 7 aromatic carbocycles. The zero-order valence-electron chi connectivity index (χ0n) is 32.8. The van der Waals surface area contributed by atoms with Crippen LogP contribution in [0.5, 0.6) is 0 Å². The lowest BCUT2D eigenvalue weighted by molar-refractivity contribution is 1.04. The maximum Gasteiger partial charge on any atom is 0.0462 e. The predicted octanol–water partition coefficient (Wildman–Crippen LogP) is 15.2. The second kappa shape index (κ2) is 17.7. The fraction of sp³-hybridized carbons (Fsp3) is 0.0909. The van der Waals surface area contributed by atoms with E-state index in [0.29, 0.717) is 0 Å². The van der Waals surface area contributed by atoms with Crippen molar-refractivity contribution in [1.82, 2.24) is 0 Å². The molecule has 2 nitrogen and oxygen atoms in total. The molecule has 0 spiro atoms. The van der Waals surface area contributed by atoms with Gasteiger partial charge >= 0.3 is 0 Å². The normalized spacial score (nSPS) is 12.7. The maximum atomic E-state index is 2.34. The molecule has 2 heteroatoms. The molecule has 7 aromatic rings. The summed E-state index contributed by atoms with van der Waals surface area (Å²) in [6.07, 6.45) is 16.6. The van der Waals surface area contributed by atoms with Gasteiger partial charge in [0.1, 0.15) is 0 Å². The zero-order valence-corrected chi connectivity index (χ0v) is 32.8. The molecule has 0 radical (unpaired) electrons. The third kappa shape index (κ3) is 8.82. The average molecular weight is 737 g/mol. The summed E-state index contributed by atoms with van der Waals surface area (Å²) in [5.41, 5.74) is 16.9. The number of hydrogen-bond acceptors (Lipinski definition) is 2. The Kier molecular flexibility index (Phi) is 11.5. The molecule has 0 saturated heterocycles. The second-order valence-electron chi connectivity index (χ2n) is 14.5. The Morgan fingerprint density at radius 3 is 1.51 bits per heavy atom.